The Morgan fingerprint density at radius 1 is 1.24 bits per heavy atom. The molecule has 0 spiro atoms. The number of nitrogens with zero attached hydrogens (tertiary/aromatic N) is 5. The first-order chi connectivity index (χ1) is 15.4. The molecule has 3 heterocycles. The molecule has 1 fully saturated rings. The maximum Gasteiger partial charge on any atom is 0.224 e. The van der Waals surface area contributed by atoms with Crippen LogP contribution in [0.25, 0.3) is 0 Å². The van der Waals surface area contributed by atoms with Crippen molar-refractivity contribution < 1.29 is 14.3 Å². The van der Waals surface area contributed by atoms with E-state index >= 15 is 0 Å². The normalized spacial score (nSPS) is 20.7. The lowest BCUT2D eigenvalue weighted by molar-refractivity contribution is -0.130. The van der Waals surface area contributed by atoms with Crippen molar-refractivity contribution in [3.63, 3.8) is 0 Å². The first-order valence-electron chi connectivity index (χ1n) is 11.2. The van der Waals surface area contributed by atoms with Gasteiger partial charge in [-0.05, 0) is 37.6 Å². The van der Waals surface area contributed by atoms with E-state index in [1.807, 2.05) is 54.5 Å². The summed E-state index contributed by atoms with van der Waals surface area (Å²) in [6.07, 6.45) is 5.99. The number of fused-ring (bicyclic) bond motifs is 1. The molecule has 0 radical (unpaired) electrons. The highest BCUT2D eigenvalue weighted by atomic mass is 35.5. The zero-order chi connectivity index (χ0) is 22.7. The summed E-state index contributed by atoms with van der Waals surface area (Å²) < 4.78 is 11.9. The van der Waals surface area contributed by atoms with Gasteiger partial charge in [-0.3, -0.25) is 9.69 Å². The molecular formula is C24H34ClN5O3. The summed E-state index contributed by atoms with van der Waals surface area (Å²) in [5, 5.41) is 0. The lowest BCUT2D eigenvalue weighted by Crippen LogP contribution is -2.46. The predicted octanol–water partition coefficient (Wildman–Crippen LogP) is 2.99. The van der Waals surface area contributed by atoms with E-state index in [0.717, 1.165) is 61.1 Å². The minimum atomic E-state index is -0.0382. The second-order valence-corrected chi connectivity index (χ2v) is 8.95. The van der Waals surface area contributed by atoms with E-state index in [4.69, 9.17) is 9.47 Å². The maximum absolute atomic E-state index is 12.3. The van der Waals surface area contributed by atoms with E-state index < -0.39 is 0 Å². The molecule has 2 aliphatic rings. The summed E-state index contributed by atoms with van der Waals surface area (Å²) in [5.74, 6) is 2.77. The third-order valence-corrected chi connectivity index (χ3v) is 6.32. The van der Waals surface area contributed by atoms with E-state index in [0.29, 0.717) is 19.0 Å². The number of carbonyl (C=O) groups excluding carboxylic acids is 1. The molecule has 4 rings (SSSR count). The smallest absolute Gasteiger partial charge is 0.224 e. The number of hydrogen-bond acceptors (Lipinski definition) is 7. The summed E-state index contributed by atoms with van der Waals surface area (Å²) in [6, 6.07) is 5.86. The van der Waals surface area contributed by atoms with Crippen molar-refractivity contribution in [1.82, 2.24) is 19.8 Å². The fraction of sp³-hybridized carbons (Fsp3) is 0.542. The molecule has 33 heavy (non-hydrogen) atoms. The number of benzene rings is 1. The van der Waals surface area contributed by atoms with Crippen molar-refractivity contribution in [1.29, 1.82) is 0 Å². The van der Waals surface area contributed by atoms with Gasteiger partial charge in [-0.25, -0.2) is 9.97 Å². The Bertz CT molecular complexity index is 940. The SMILES string of the molecule is COc1ccc2c(c1)CN(C(C)=O)CC(C1CCCN(Cc3cnc(N(C)C)nc3)C1)O2.Cl. The topological polar surface area (TPSA) is 71.0 Å². The zero-order valence-corrected chi connectivity index (χ0v) is 20.7. The second kappa shape index (κ2) is 11.0. The van der Waals surface area contributed by atoms with Gasteiger partial charge in [0.25, 0.3) is 0 Å². The standard InChI is InChI=1S/C24H33N5O3.ClH/c1-17(30)29-15-20-10-21(31-4)7-8-22(20)32-23(16-29)19-6-5-9-28(14-19)13-18-11-25-24(26-12-18)27(2)3;/h7-8,10-12,19,23H,5-6,9,13-16H2,1-4H3;1H. The Hall–Kier alpha value is -2.58. The molecule has 2 aliphatic heterocycles. The molecule has 9 heteroatoms. The van der Waals surface area contributed by atoms with Crippen LogP contribution in [0.15, 0.2) is 30.6 Å². The first-order valence-corrected chi connectivity index (χ1v) is 11.2. The summed E-state index contributed by atoms with van der Waals surface area (Å²) >= 11 is 0. The fourth-order valence-electron chi connectivity index (χ4n) is 4.55. The summed E-state index contributed by atoms with van der Waals surface area (Å²) in [6.45, 7) is 5.57. The second-order valence-electron chi connectivity index (χ2n) is 8.95. The van der Waals surface area contributed by atoms with Crippen LogP contribution in [0, 0.1) is 5.92 Å². The number of ether oxygens (including phenoxy) is 2. The lowest BCUT2D eigenvalue weighted by atomic mass is 9.91. The third-order valence-electron chi connectivity index (χ3n) is 6.32. The Kier molecular flexibility index (Phi) is 8.37. The number of carbonyl (C=O) groups is 1. The molecule has 0 aliphatic carbocycles. The molecule has 2 atom stereocenters. The monoisotopic (exact) mass is 475 g/mol. The van der Waals surface area contributed by atoms with Gasteiger partial charge >= 0.3 is 0 Å². The van der Waals surface area contributed by atoms with Crippen molar-refractivity contribution in [2.24, 2.45) is 5.92 Å². The number of halogens is 1. The highest BCUT2D eigenvalue weighted by Crippen LogP contribution is 2.33. The number of aromatic nitrogens is 2. The Balaban J connectivity index is 0.00000306. The van der Waals surface area contributed by atoms with Gasteiger partial charge in [-0.2, -0.15) is 0 Å². The van der Waals surface area contributed by atoms with Crippen LogP contribution in [-0.4, -0.2) is 72.6 Å². The molecule has 0 saturated carbocycles. The quantitative estimate of drug-likeness (QED) is 0.658. The third kappa shape index (κ3) is 6.06. The minimum Gasteiger partial charge on any atom is -0.497 e. The lowest BCUT2D eigenvalue weighted by Gasteiger charge is -2.37. The molecule has 1 amide bonds. The average Bonchev–Trinajstić information content (AvgIpc) is 2.99. The molecule has 1 saturated heterocycles. The van der Waals surface area contributed by atoms with Crippen molar-refractivity contribution in [2.45, 2.75) is 39.0 Å². The van der Waals surface area contributed by atoms with E-state index in [2.05, 4.69) is 14.9 Å². The van der Waals surface area contributed by atoms with E-state index in [-0.39, 0.29) is 24.4 Å². The molecule has 0 bridgehead atoms. The van der Waals surface area contributed by atoms with Crippen LogP contribution >= 0.6 is 12.4 Å². The molecule has 1 aromatic heterocycles. The number of methoxy groups -OCH3 is 1. The predicted molar refractivity (Wildman–Crippen MR) is 130 cm³/mol. The van der Waals surface area contributed by atoms with Crippen LogP contribution in [0.4, 0.5) is 5.95 Å². The summed E-state index contributed by atoms with van der Waals surface area (Å²) in [4.78, 5) is 27.5. The van der Waals surface area contributed by atoms with Crippen molar-refractivity contribution in [3.8, 4) is 11.5 Å². The van der Waals surface area contributed by atoms with Gasteiger partial charge in [0.15, 0.2) is 0 Å². The van der Waals surface area contributed by atoms with Gasteiger partial charge in [0.05, 0.1) is 13.7 Å². The van der Waals surface area contributed by atoms with Gasteiger partial charge in [-0.1, -0.05) is 0 Å². The zero-order valence-electron chi connectivity index (χ0n) is 19.9. The Labute approximate surface area is 202 Å². The molecule has 0 N–H and O–H groups in total. The number of rotatable bonds is 5. The van der Waals surface area contributed by atoms with Crippen molar-refractivity contribution in [3.05, 3.63) is 41.7 Å². The van der Waals surface area contributed by atoms with Crippen molar-refractivity contribution >= 4 is 24.3 Å². The van der Waals surface area contributed by atoms with Crippen LogP contribution in [0.5, 0.6) is 11.5 Å². The first kappa shape index (κ1) is 25.1. The Morgan fingerprint density at radius 3 is 2.67 bits per heavy atom. The van der Waals surface area contributed by atoms with E-state index in [1.54, 1.807) is 14.0 Å². The maximum atomic E-state index is 12.3. The van der Waals surface area contributed by atoms with Gasteiger partial charge in [-0.15, -0.1) is 12.4 Å². The largest absolute Gasteiger partial charge is 0.497 e. The van der Waals surface area contributed by atoms with E-state index in [9.17, 15) is 4.79 Å². The molecule has 2 unspecified atom stereocenters. The minimum absolute atomic E-state index is 0. The van der Waals surface area contributed by atoms with Crippen LogP contribution < -0.4 is 14.4 Å². The molecule has 180 valence electrons. The summed E-state index contributed by atoms with van der Waals surface area (Å²) in [7, 11) is 5.53. The number of piperidine rings is 1. The van der Waals surface area contributed by atoms with Gasteiger partial charge < -0.3 is 19.3 Å². The van der Waals surface area contributed by atoms with Crippen LogP contribution in [0.2, 0.25) is 0 Å². The van der Waals surface area contributed by atoms with Gasteiger partial charge in [0.2, 0.25) is 11.9 Å². The van der Waals surface area contributed by atoms with Gasteiger partial charge in [0, 0.05) is 70.1 Å². The number of amides is 1. The fourth-order valence-corrected chi connectivity index (χ4v) is 4.55. The molecular weight excluding hydrogens is 442 g/mol. The van der Waals surface area contributed by atoms with Crippen LogP contribution in [0.3, 0.4) is 0 Å². The number of hydrogen-bond donors (Lipinski definition) is 0. The van der Waals surface area contributed by atoms with E-state index in [1.165, 1.54) is 0 Å². The average molecular weight is 476 g/mol. The highest BCUT2D eigenvalue weighted by Gasteiger charge is 2.33. The number of anilines is 1. The van der Waals surface area contributed by atoms with Crippen molar-refractivity contribution in [2.75, 3.05) is 45.7 Å². The van der Waals surface area contributed by atoms with Crippen LogP contribution in [-0.2, 0) is 17.9 Å². The highest BCUT2D eigenvalue weighted by molar-refractivity contribution is 5.85. The Morgan fingerprint density at radius 2 is 2.00 bits per heavy atom. The molecule has 2 aromatic rings. The van der Waals surface area contributed by atoms with Crippen LogP contribution in [0.1, 0.15) is 30.9 Å². The number of likely N-dealkylation sites (tertiary alicyclic amines) is 1. The summed E-state index contributed by atoms with van der Waals surface area (Å²) in [5.41, 5.74) is 2.11. The molecule has 8 nitrogen and oxygen atoms in total. The molecule has 1 aromatic carbocycles. The van der Waals surface area contributed by atoms with Gasteiger partial charge in [0.1, 0.15) is 17.6 Å².